The molecule has 2 aromatic rings. The Hall–Kier alpha value is -2.49. The Morgan fingerprint density at radius 3 is 2.62 bits per heavy atom. The zero-order valence-corrected chi connectivity index (χ0v) is 12.2. The van der Waals surface area contributed by atoms with E-state index in [2.05, 4.69) is 6.58 Å². The summed E-state index contributed by atoms with van der Waals surface area (Å²) in [4.78, 5) is 11.0. The maximum absolute atomic E-state index is 11.0. The maximum atomic E-state index is 11.0. The minimum atomic E-state index is -0.449. The second-order valence-electron chi connectivity index (χ2n) is 4.49. The molecule has 0 spiro atoms. The van der Waals surface area contributed by atoms with Crippen LogP contribution in [0, 0.1) is 6.92 Å². The van der Waals surface area contributed by atoms with E-state index in [1.807, 2.05) is 37.3 Å². The molecule has 0 N–H and O–H groups in total. The molecule has 0 bridgehead atoms. The van der Waals surface area contributed by atoms with Crippen LogP contribution in [0.3, 0.4) is 0 Å². The van der Waals surface area contributed by atoms with Gasteiger partial charge in [-0.15, -0.1) is 0 Å². The van der Waals surface area contributed by atoms with Crippen molar-refractivity contribution in [2.45, 2.75) is 6.92 Å². The monoisotopic (exact) mass is 286 g/mol. The summed E-state index contributed by atoms with van der Waals surface area (Å²) in [5.74, 6) is 1.14. The lowest BCUT2D eigenvalue weighted by molar-refractivity contribution is -0.138. The molecular weight excluding hydrogens is 268 g/mol. The lowest BCUT2D eigenvalue weighted by Crippen LogP contribution is -2.10. The fraction of sp³-hybridized carbons (Fsp3) is 0.235. The van der Waals surface area contributed by atoms with Crippen molar-refractivity contribution in [3.8, 4) is 11.5 Å². The number of carbonyl (C=O) groups is 1. The highest BCUT2D eigenvalue weighted by Crippen LogP contribution is 2.36. The standard InChI is InChI=1S/C17H18O4/c1-4-16(18)20-9-10-21-17-12(2)11-15(19-3)13-7-5-6-8-14(13)17/h4-8,11H,1,9-10H2,2-3H3. The van der Waals surface area contributed by atoms with Gasteiger partial charge in [0.1, 0.15) is 24.7 Å². The van der Waals surface area contributed by atoms with Crippen LogP contribution in [-0.2, 0) is 9.53 Å². The smallest absolute Gasteiger partial charge is 0.330 e. The van der Waals surface area contributed by atoms with E-state index < -0.39 is 5.97 Å². The second kappa shape index (κ2) is 6.79. The van der Waals surface area contributed by atoms with E-state index in [-0.39, 0.29) is 13.2 Å². The Bertz CT molecular complexity index is 661. The van der Waals surface area contributed by atoms with E-state index in [1.54, 1.807) is 7.11 Å². The Morgan fingerprint density at radius 2 is 1.95 bits per heavy atom. The average molecular weight is 286 g/mol. The van der Waals surface area contributed by atoms with Crippen LogP contribution in [-0.4, -0.2) is 26.3 Å². The molecule has 0 heterocycles. The summed E-state index contributed by atoms with van der Waals surface area (Å²) in [6.07, 6.45) is 1.13. The zero-order chi connectivity index (χ0) is 15.2. The Balaban J connectivity index is 2.21. The summed E-state index contributed by atoms with van der Waals surface area (Å²) >= 11 is 0. The number of fused-ring (bicyclic) bond motifs is 1. The molecule has 110 valence electrons. The lowest BCUT2D eigenvalue weighted by Gasteiger charge is -2.15. The van der Waals surface area contributed by atoms with Gasteiger partial charge < -0.3 is 14.2 Å². The molecule has 4 heteroatoms. The van der Waals surface area contributed by atoms with Crippen molar-refractivity contribution in [1.82, 2.24) is 0 Å². The van der Waals surface area contributed by atoms with Gasteiger partial charge in [0.2, 0.25) is 0 Å². The second-order valence-corrected chi connectivity index (χ2v) is 4.49. The molecule has 21 heavy (non-hydrogen) atoms. The molecule has 0 unspecified atom stereocenters. The lowest BCUT2D eigenvalue weighted by atomic mass is 10.0. The molecule has 4 nitrogen and oxygen atoms in total. The molecule has 0 amide bonds. The summed E-state index contributed by atoms with van der Waals surface area (Å²) in [6.45, 7) is 5.77. The first-order chi connectivity index (χ1) is 10.2. The molecule has 2 aromatic carbocycles. The van der Waals surface area contributed by atoms with Gasteiger partial charge in [-0.05, 0) is 18.6 Å². The first-order valence-corrected chi connectivity index (χ1v) is 6.65. The predicted octanol–water partition coefficient (Wildman–Crippen LogP) is 3.26. The summed E-state index contributed by atoms with van der Waals surface area (Å²) < 4.78 is 16.1. The van der Waals surface area contributed by atoms with E-state index >= 15 is 0 Å². The molecule has 0 radical (unpaired) electrons. The quantitative estimate of drug-likeness (QED) is 0.464. The van der Waals surface area contributed by atoms with Gasteiger partial charge in [-0.25, -0.2) is 4.79 Å². The number of hydrogen-bond donors (Lipinski definition) is 0. The van der Waals surface area contributed by atoms with Crippen LogP contribution in [0.2, 0.25) is 0 Å². The number of esters is 1. The van der Waals surface area contributed by atoms with Gasteiger partial charge in [0.05, 0.1) is 7.11 Å². The molecule has 0 saturated carbocycles. The first kappa shape index (κ1) is 14.9. The van der Waals surface area contributed by atoms with Crippen molar-refractivity contribution < 1.29 is 19.0 Å². The van der Waals surface area contributed by atoms with Crippen LogP contribution < -0.4 is 9.47 Å². The van der Waals surface area contributed by atoms with Crippen LogP contribution in [0.1, 0.15) is 5.56 Å². The van der Waals surface area contributed by atoms with E-state index in [0.29, 0.717) is 0 Å². The van der Waals surface area contributed by atoms with Gasteiger partial charge in [0.15, 0.2) is 0 Å². The third-order valence-corrected chi connectivity index (χ3v) is 3.10. The maximum Gasteiger partial charge on any atom is 0.330 e. The van der Waals surface area contributed by atoms with Crippen molar-refractivity contribution >= 4 is 16.7 Å². The van der Waals surface area contributed by atoms with Crippen LogP contribution in [0.5, 0.6) is 11.5 Å². The van der Waals surface area contributed by atoms with E-state index in [1.165, 1.54) is 0 Å². The third-order valence-electron chi connectivity index (χ3n) is 3.10. The highest BCUT2D eigenvalue weighted by molar-refractivity contribution is 5.94. The van der Waals surface area contributed by atoms with Gasteiger partial charge in [0.25, 0.3) is 0 Å². The molecule has 0 aliphatic rings. The van der Waals surface area contributed by atoms with Crippen molar-refractivity contribution in [2.24, 2.45) is 0 Å². The van der Waals surface area contributed by atoms with Crippen LogP contribution in [0.25, 0.3) is 10.8 Å². The first-order valence-electron chi connectivity index (χ1n) is 6.65. The highest BCUT2D eigenvalue weighted by Gasteiger charge is 2.11. The number of carbonyl (C=O) groups excluding carboxylic acids is 1. The average Bonchev–Trinajstić information content (AvgIpc) is 2.52. The SMILES string of the molecule is C=CC(=O)OCCOc1c(C)cc(OC)c2ccccc12. The largest absolute Gasteiger partial charge is 0.496 e. The molecular formula is C17H18O4. The molecule has 0 aliphatic heterocycles. The number of ether oxygens (including phenoxy) is 3. The number of hydrogen-bond acceptors (Lipinski definition) is 4. The molecule has 0 aromatic heterocycles. The van der Waals surface area contributed by atoms with Crippen LogP contribution >= 0.6 is 0 Å². The van der Waals surface area contributed by atoms with Gasteiger partial charge in [0, 0.05) is 16.8 Å². The normalized spacial score (nSPS) is 10.2. The van der Waals surface area contributed by atoms with E-state index in [0.717, 1.165) is 33.9 Å². The van der Waals surface area contributed by atoms with Gasteiger partial charge in [-0.3, -0.25) is 0 Å². The summed E-state index contributed by atoms with van der Waals surface area (Å²) in [5.41, 5.74) is 0.973. The van der Waals surface area contributed by atoms with E-state index in [4.69, 9.17) is 14.2 Å². The van der Waals surface area contributed by atoms with Gasteiger partial charge in [-0.1, -0.05) is 30.8 Å². The van der Waals surface area contributed by atoms with E-state index in [9.17, 15) is 4.79 Å². The molecule has 0 aliphatic carbocycles. The zero-order valence-electron chi connectivity index (χ0n) is 12.2. The summed E-state index contributed by atoms with van der Waals surface area (Å²) in [6, 6.07) is 9.81. The summed E-state index contributed by atoms with van der Waals surface area (Å²) in [7, 11) is 1.65. The summed E-state index contributed by atoms with van der Waals surface area (Å²) in [5, 5.41) is 1.97. The number of methoxy groups -OCH3 is 1. The fourth-order valence-electron chi connectivity index (χ4n) is 2.15. The van der Waals surface area contributed by atoms with Crippen molar-refractivity contribution in [2.75, 3.05) is 20.3 Å². The Kier molecular flexibility index (Phi) is 4.82. The topological polar surface area (TPSA) is 44.8 Å². The van der Waals surface area contributed by atoms with Crippen LogP contribution in [0.15, 0.2) is 43.0 Å². The fourth-order valence-corrected chi connectivity index (χ4v) is 2.15. The van der Waals surface area contributed by atoms with Crippen molar-refractivity contribution in [1.29, 1.82) is 0 Å². The molecule has 0 saturated heterocycles. The highest BCUT2D eigenvalue weighted by atomic mass is 16.6. The predicted molar refractivity (Wildman–Crippen MR) is 81.9 cm³/mol. The Morgan fingerprint density at radius 1 is 1.24 bits per heavy atom. The minimum Gasteiger partial charge on any atom is -0.496 e. The molecule has 2 rings (SSSR count). The van der Waals surface area contributed by atoms with Crippen LogP contribution in [0.4, 0.5) is 0 Å². The molecule has 0 fully saturated rings. The van der Waals surface area contributed by atoms with Gasteiger partial charge >= 0.3 is 5.97 Å². The van der Waals surface area contributed by atoms with Crippen molar-refractivity contribution in [3.05, 3.63) is 48.6 Å². The third kappa shape index (κ3) is 3.34. The number of benzene rings is 2. The number of rotatable bonds is 6. The number of aryl methyl sites for hydroxylation is 1. The Labute approximate surface area is 123 Å². The molecule has 0 atom stereocenters. The minimum absolute atomic E-state index is 0.185. The van der Waals surface area contributed by atoms with Gasteiger partial charge in [-0.2, -0.15) is 0 Å². The van der Waals surface area contributed by atoms with Crippen molar-refractivity contribution in [3.63, 3.8) is 0 Å².